The minimum atomic E-state index is -4.34. The van der Waals surface area contributed by atoms with Gasteiger partial charge in [0.15, 0.2) is 0 Å². The molecule has 0 spiro atoms. The first-order valence-electron chi connectivity index (χ1n) is 10.9. The quantitative estimate of drug-likeness (QED) is 0.601. The molecule has 1 heterocycles. The summed E-state index contributed by atoms with van der Waals surface area (Å²) in [5.74, 6) is -0.308. The van der Waals surface area contributed by atoms with Crippen LogP contribution in [0.5, 0.6) is 0 Å². The first-order valence-corrected chi connectivity index (χ1v) is 10.9. The molecule has 2 aliphatic carbocycles. The summed E-state index contributed by atoms with van der Waals surface area (Å²) in [6.07, 6.45) is 6.81. The van der Waals surface area contributed by atoms with E-state index in [1.165, 1.54) is 55.4 Å². The lowest BCUT2D eigenvalue weighted by atomic mass is 9.78. The fourth-order valence-electron chi connectivity index (χ4n) is 5.35. The number of aromatic nitrogens is 1. The van der Waals surface area contributed by atoms with Crippen LogP contribution in [0.3, 0.4) is 0 Å². The van der Waals surface area contributed by atoms with Crippen molar-refractivity contribution in [2.24, 2.45) is 0 Å². The van der Waals surface area contributed by atoms with Crippen molar-refractivity contribution in [2.75, 3.05) is 0 Å². The Balaban J connectivity index is 1.69. The van der Waals surface area contributed by atoms with Crippen molar-refractivity contribution in [3.8, 4) is 0 Å². The highest BCUT2D eigenvalue weighted by molar-refractivity contribution is 5.68. The molecule has 0 radical (unpaired) electrons. The van der Waals surface area contributed by atoms with E-state index >= 15 is 0 Å². The lowest BCUT2D eigenvalue weighted by molar-refractivity contribution is -0.138. The van der Waals surface area contributed by atoms with Crippen molar-refractivity contribution in [2.45, 2.75) is 82.3 Å². The summed E-state index contributed by atoms with van der Waals surface area (Å²) in [5.41, 5.74) is 3.92. The van der Waals surface area contributed by atoms with Gasteiger partial charge in [-0.3, -0.25) is 4.79 Å². The molecule has 1 unspecified atom stereocenters. The molecule has 1 aromatic heterocycles. The second-order valence-electron chi connectivity index (χ2n) is 8.79. The van der Waals surface area contributed by atoms with Crippen LogP contribution in [-0.4, -0.2) is 15.6 Å². The lowest BCUT2D eigenvalue weighted by Crippen LogP contribution is -2.18. The molecular weight excluding hydrogens is 391 g/mol. The van der Waals surface area contributed by atoms with E-state index in [0.29, 0.717) is 12.5 Å². The van der Waals surface area contributed by atoms with Crippen molar-refractivity contribution < 1.29 is 23.1 Å². The highest BCUT2D eigenvalue weighted by Gasteiger charge is 2.32. The molecule has 0 aliphatic heterocycles. The van der Waals surface area contributed by atoms with E-state index in [0.717, 1.165) is 42.7 Å². The van der Waals surface area contributed by atoms with E-state index in [1.54, 1.807) is 0 Å². The van der Waals surface area contributed by atoms with E-state index in [-0.39, 0.29) is 12.3 Å². The number of fused-ring (bicyclic) bond motifs is 1. The summed E-state index contributed by atoms with van der Waals surface area (Å²) < 4.78 is 40.8. The Morgan fingerprint density at radius 3 is 2.37 bits per heavy atom. The summed E-state index contributed by atoms with van der Waals surface area (Å²) in [4.78, 5) is 11.5. The monoisotopic (exact) mass is 419 g/mol. The SMILES string of the molecule is O=C(O)CC1CCCc2c(C3CCCCC3)cn(Cc3ccc(C(F)(F)F)cc3)c21. The van der Waals surface area contributed by atoms with Gasteiger partial charge in [-0.05, 0) is 66.8 Å². The summed E-state index contributed by atoms with van der Waals surface area (Å²) in [7, 11) is 0. The number of benzene rings is 1. The number of rotatable bonds is 5. The Labute approximate surface area is 174 Å². The molecule has 0 bridgehead atoms. The molecule has 2 aromatic rings. The minimum Gasteiger partial charge on any atom is -0.481 e. The van der Waals surface area contributed by atoms with Crippen molar-refractivity contribution in [3.63, 3.8) is 0 Å². The third-order valence-electron chi connectivity index (χ3n) is 6.73. The zero-order valence-corrected chi connectivity index (χ0v) is 17.0. The van der Waals surface area contributed by atoms with Crippen LogP contribution in [0.2, 0.25) is 0 Å². The van der Waals surface area contributed by atoms with Gasteiger partial charge >= 0.3 is 12.1 Å². The minimum absolute atomic E-state index is 0.0296. The zero-order chi connectivity index (χ0) is 21.3. The molecule has 0 amide bonds. The van der Waals surface area contributed by atoms with Crippen molar-refractivity contribution in [1.29, 1.82) is 0 Å². The molecule has 4 rings (SSSR count). The molecule has 3 nitrogen and oxygen atoms in total. The maximum atomic E-state index is 12.9. The van der Waals surface area contributed by atoms with Crippen LogP contribution in [0.1, 0.15) is 91.2 Å². The van der Waals surface area contributed by atoms with Crippen LogP contribution in [0.15, 0.2) is 30.5 Å². The van der Waals surface area contributed by atoms with Gasteiger partial charge in [-0.15, -0.1) is 0 Å². The normalized spacial score (nSPS) is 20.2. The standard InChI is InChI=1S/C24H28F3NO2/c25-24(26,27)19-11-9-16(10-12-19)14-28-15-21(17-5-2-1-3-6-17)20-8-4-7-18(23(20)28)13-22(29)30/h9-12,15,17-18H,1-8,13-14H2,(H,29,30). The Kier molecular flexibility index (Phi) is 5.94. The van der Waals surface area contributed by atoms with Gasteiger partial charge in [0.1, 0.15) is 0 Å². The average molecular weight is 419 g/mol. The third kappa shape index (κ3) is 4.42. The van der Waals surface area contributed by atoms with E-state index in [2.05, 4.69) is 10.8 Å². The molecule has 6 heteroatoms. The van der Waals surface area contributed by atoms with E-state index in [1.807, 2.05) is 0 Å². The highest BCUT2D eigenvalue weighted by Crippen LogP contribution is 2.43. The van der Waals surface area contributed by atoms with Gasteiger partial charge in [-0.25, -0.2) is 0 Å². The molecule has 1 saturated carbocycles. The van der Waals surface area contributed by atoms with Gasteiger partial charge in [0.05, 0.1) is 12.0 Å². The lowest BCUT2D eigenvalue weighted by Gasteiger charge is -2.27. The van der Waals surface area contributed by atoms with Crippen LogP contribution in [0.25, 0.3) is 0 Å². The molecule has 1 atom stereocenters. The van der Waals surface area contributed by atoms with E-state index < -0.39 is 17.7 Å². The number of halogens is 3. The summed E-state index contributed by atoms with van der Waals surface area (Å²) >= 11 is 0. The maximum Gasteiger partial charge on any atom is 0.416 e. The fraction of sp³-hybridized carbons (Fsp3) is 0.542. The first-order chi connectivity index (χ1) is 14.3. The summed E-state index contributed by atoms with van der Waals surface area (Å²) in [6, 6.07) is 5.32. The number of carboxylic acids is 1. The van der Waals surface area contributed by atoms with Gasteiger partial charge in [0, 0.05) is 24.4 Å². The highest BCUT2D eigenvalue weighted by atomic mass is 19.4. The fourth-order valence-corrected chi connectivity index (χ4v) is 5.35. The zero-order valence-electron chi connectivity index (χ0n) is 17.0. The second-order valence-corrected chi connectivity index (χ2v) is 8.79. The Morgan fingerprint density at radius 1 is 1.03 bits per heavy atom. The van der Waals surface area contributed by atoms with Crippen LogP contribution in [0.4, 0.5) is 13.2 Å². The number of carboxylic acid groups (broad SMARTS) is 1. The van der Waals surface area contributed by atoms with Gasteiger partial charge < -0.3 is 9.67 Å². The van der Waals surface area contributed by atoms with Crippen LogP contribution in [0, 0.1) is 0 Å². The molecule has 30 heavy (non-hydrogen) atoms. The van der Waals surface area contributed by atoms with Crippen LogP contribution in [-0.2, 0) is 23.9 Å². The molecule has 1 N–H and O–H groups in total. The first kappa shape index (κ1) is 21.0. The maximum absolute atomic E-state index is 12.9. The largest absolute Gasteiger partial charge is 0.481 e. The van der Waals surface area contributed by atoms with Gasteiger partial charge in [0.2, 0.25) is 0 Å². The number of hydrogen-bond acceptors (Lipinski definition) is 1. The van der Waals surface area contributed by atoms with Crippen molar-refractivity contribution in [1.82, 2.24) is 4.57 Å². The van der Waals surface area contributed by atoms with Crippen molar-refractivity contribution >= 4 is 5.97 Å². The predicted octanol–water partition coefficient (Wildman–Crippen LogP) is 6.50. The van der Waals surface area contributed by atoms with E-state index in [9.17, 15) is 23.1 Å². The number of aliphatic carboxylic acids is 1. The number of nitrogens with zero attached hydrogens (tertiary/aromatic N) is 1. The van der Waals surface area contributed by atoms with Crippen LogP contribution >= 0.6 is 0 Å². The molecule has 0 saturated heterocycles. The third-order valence-corrected chi connectivity index (χ3v) is 6.73. The predicted molar refractivity (Wildman–Crippen MR) is 109 cm³/mol. The number of alkyl halides is 3. The van der Waals surface area contributed by atoms with Gasteiger partial charge in [-0.2, -0.15) is 13.2 Å². The van der Waals surface area contributed by atoms with Gasteiger partial charge in [0.25, 0.3) is 0 Å². The Bertz CT molecular complexity index is 892. The van der Waals surface area contributed by atoms with Crippen LogP contribution < -0.4 is 0 Å². The number of carbonyl (C=O) groups is 1. The smallest absolute Gasteiger partial charge is 0.416 e. The molecule has 2 aliphatic rings. The molecule has 162 valence electrons. The van der Waals surface area contributed by atoms with Gasteiger partial charge in [-0.1, -0.05) is 31.4 Å². The molecule has 1 fully saturated rings. The Hall–Kier alpha value is -2.24. The molecule has 1 aromatic carbocycles. The molecular formula is C24H28F3NO2. The van der Waals surface area contributed by atoms with E-state index in [4.69, 9.17) is 0 Å². The second kappa shape index (κ2) is 8.48. The van der Waals surface area contributed by atoms with Crippen molar-refractivity contribution in [3.05, 3.63) is 58.4 Å². The average Bonchev–Trinajstić information content (AvgIpc) is 3.07. The summed E-state index contributed by atoms with van der Waals surface area (Å²) in [6.45, 7) is 0.476. The number of hydrogen-bond donors (Lipinski definition) is 1. The topological polar surface area (TPSA) is 42.2 Å². The summed E-state index contributed by atoms with van der Waals surface area (Å²) in [5, 5.41) is 9.42. The Morgan fingerprint density at radius 2 is 1.73 bits per heavy atom.